The number of hydrogen-bond donors (Lipinski definition) is 5. The molecule has 0 bridgehead atoms. The van der Waals surface area contributed by atoms with E-state index in [1.807, 2.05) is 0 Å². The van der Waals surface area contributed by atoms with Gasteiger partial charge in [0.2, 0.25) is 0 Å². The molecule has 0 fully saturated rings. The van der Waals surface area contributed by atoms with Gasteiger partial charge in [-0.25, -0.2) is 0 Å². The Morgan fingerprint density at radius 2 is 1.00 bits per heavy atom. The van der Waals surface area contributed by atoms with E-state index in [1.54, 1.807) is 0 Å². The van der Waals surface area contributed by atoms with Gasteiger partial charge in [0.1, 0.15) is 0 Å². The van der Waals surface area contributed by atoms with E-state index >= 15 is 0 Å². The fourth-order valence-electron chi connectivity index (χ4n) is 0. The van der Waals surface area contributed by atoms with Gasteiger partial charge in [-0.2, -0.15) is 8.42 Å². The molecule has 0 radical (unpaired) electrons. The Morgan fingerprint density at radius 1 is 1.00 bits per heavy atom. The summed E-state index contributed by atoms with van der Waals surface area (Å²) in [7, 11) is -4.67. The van der Waals surface area contributed by atoms with Crippen LogP contribution >= 0.6 is 0 Å². The van der Waals surface area contributed by atoms with E-state index in [-0.39, 0.29) is 110 Å². The first-order valence-electron chi connectivity index (χ1n) is 1.48. The van der Waals surface area contributed by atoms with Crippen molar-refractivity contribution in [1.82, 2.24) is 0 Å². The van der Waals surface area contributed by atoms with Crippen LogP contribution in [0.4, 0.5) is 0 Å². The molecule has 14 heteroatoms. The Kier molecular flexibility index (Phi) is 42.3. The summed E-state index contributed by atoms with van der Waals surface area (Å²) in [5.74, 6) is 0. The van der Waals surface area contributed by atoms with Crippen LogP contribution in [0.5, 0.6) is 0 Å². The molecule has 0 rings (SSSR count). The standard InChI is InChI=1S/Al.AsH3O4.Ce.H2O4S.H2O.Sr.5H/c;2-1(3,4)5;;1-5(2,3)4;;;;;;;/h;(H3,2,3,4,5);;(H2,1,2,3,4);1H2;;;;;;. The first kappa shape index (κ1) is 36.0. The molecule has 0 saturated carbocycles. The van der Waals surface area contributed by atoms with Gasteiger partial charge < -0.3 is 5.48 Å². The van der Waals surface area contributed by atoms with Crippen LogP contribution in [-0.2, 0) is 14.1 Å². The minimum atomic E-state index is -5.12. The summed E-state index contributed by atoms with van der Waals surface area (Å²) in [6.07, 6.45) is 0. The van der Waals surface area contributed by atoms with E-state index < -0.39 is 24.9 Å². The van der Waals surface area contributed by atoms with E-state index in [4.69, 9.17) is 33.5 Å². The molecule has 0 saturated heterocycles. The minimum absolute atomic E-state index is 0. The average molecular weight is 518 g/mol. The quantitative estimate of drug-likeness (QED) is 0.155. The molecule has 0 aromatic rings. The molecule has 0 heterocycles. The predicted molar refractivity (Wildman–Crippen MR) is 49.4 cm³/mol. The van der Waals surface area contributed by atoms with Crippen molar-refractivity contribution in [2.45, 2.75) is 0 Å². The third kappa shape index (κ3) is 270. The molecule has 14 heavy (non-hydrogen) atoms. The van der Waals surface area contributed by atoms with Gasteiger partial charge in [0.25, 0.3) is 0 Å². The second-order valence-corrected chi connectivity index (χ2v) is 4.01. The van der Waals surface area contributed by atoms with Gasteiger partial charge in [0, 0.05) is 41.7 Å². The third-order valence-electron chi connectivity index (χ3n) is 0. The van der Waals surface area contributed by atoms with Crippen LogP contribution in [0, 0.1) is 41.7 Å². The molecule has 0 spiro atoms. The van der Waals surface area contributed by atoms with Crippen molar-refractivity contribution in [1.29, 1.82) is 0 Å². The average Bonchev–Trinajstić information content (AvgIpc) is 1.12. The monoisotopic (exact) mass is 518 g/mol. The predicted octanol–water partition coefficient (Wildman–Crippen LogP) is -5.75. The van der Waals surface area contributed by atoms with Crippen LogP contribution in [0.3, 0.4) is 0 Å². The Hall–Kier alpha value is 3.46. The molecule has 0 aromatic carbocycles. The molecular formula is H12AlAsCeO9SSr. The SMILES string of the molecule is O.O=S(=O)(O)O.O=[As](O)(O)O.[AlH3].[Ce].[SrH2]. The maximum absolute atomic E-state index is 8.94. The van der Waals surface area contributed by atoms with E-state index in [9.17, 15) is 0 Å². The summed E-state index contributed by atoms with van der Waals surface area (Å²) >= 11 is -5.12. The molecule has 0 aliphatic carbocycles. The van der Waals surface area contributed by atoms with Crippen LogP contribution < -0.4 is 0 Å². The van der Waals surface area contributed by atoms with Gasteiger partial charge >= 0.3 is 86.4 Å². The molecule has 0 atom stereocenters. The van der Waals surface area contributed by atoms with Gasteiger partial charge in [0.05, 0.1) is 0 Å². The Morgan fingerprint density at radius 3 is 1.00 bits per heavy atom. The fourth-order valence-corrected chi connectivity index (χ4v) is 0. The summed E-state index contributed by atoms with van der Waals surface area (Å²) in [6, 6.07) is 0. The van der Waals surface area contributed by atoms with Crippen molar-refractivity contribution in [2.24, 2.45) is 0 Å². The third-order valence-corrected chi connectivity index (χ3v) is 0. The Balaban J connectivity index is -0.0000000178. The second kappa shape index (κ2) is 16.5. The van der Waals surface area contributed by atoms with E-state index in [0.717, 1.165) is 0 Å². The molecule has 0 amide bonds. The van der Waals surface area contributed by atoms with Gasteiger partial charge in [-0.15, -0.1) is 0 Å². The number of hydrogen-bond acceptors (Lipinski definition) is 3. The van der Waals surface area contributed by atoms with Gasteiger partial charge in [-0.1, -0.05) is 0 Å². The zero-order valence-corrected chi connectivity index (χ0v) is 11.1. The maximum atomic E-state index is 8.94. The Labute approximate surface area is 165 Å². The topological polar surface area (TPSA) is 184 Å². The van der Waals surface area contributed by atoms with Gasteiger partial charge in [-0.05, 0) is 0 Å². The van der Waals surface area contributed by atoms with Crippen LogP contribution in [0.25, 0.3) is 0 Å². The van der Waals surface area contributed by atoms with Gasteiger partial charge in [-0.3, -0.25) is 9.11 Å². The van der Waals surface area contributed by atoms with Crippen molar-refractivity contribution in [3.8, 4) is 0 Å². The molecule has 86 valence electrons. The van der Waals surface area contributed by atoms with Crippen molar-refractivity contribution >= 4 is 87.8 Å². The van der Waals surface area contributed by atoms with Crippen molar-refractivity contribution in [3.05, 3.63) is 0 Å². The molecule has 0 unspecified atom stereocenters. The second-order valence-electron chi connectivity index (χ2n) is 0.961. The zero-order chi connectivity index (χ0) is 9.00. The van der Waals surface area contributed by atoms with Gasteiger partial charge in [0.15, 0.2) is 17.4 Å². The van der Waals surface area contributed by atoms with Crippen LogP contribution in [0.15, 0.2) is 0 Å². The Bertz CT molecular complexity index is 203. The molecule has 7 N–H and O–H groups in total. The van der Waals surface area contributed by atoms with E-state index in [0.29, 0.717) is 0 Å². The molecule has 0 aliphatic heterocycles. The molecule has 0 aliphatic rings. The van der Waals surface area contributed by atoms with E-state index in [2.05, 4.69) is 0 Å². The summed E-state index contributed by atoms with van der Waals surface area (Å²) in [5.41, 5.74) is 0. The summed E-state index contributed by atoms with van der Waals surface area (Å²) in [4.78, 5) is 0. The van der Waals surface area contributed by atoms with Crippen molar-refractivity contribution in [3.63, 3.8) is 0 Å². The fraction of sp³-hybridized carbons (Fsp3) is 0. The first-order valence-corrected chi connectivity index (χ1v) is 6.16. The summed E-state index contributed by atoms with van der Waals surface area (Å²) in [5, 5.41) is 0. The number of rotatable bonds is 0. The first-order chi connectivity index (χ1) is 4.00. The zero-order valence-electron chi connectivity index (χ0n) is 5.32. The van der Waals surface area contributed by atoms with Crippen LogP contribution in [0.2, 0.25) is 0 Å². The van der Waals surface area contributed by atoms with Crippen LogP contribution in [-0.4, -0.2) is 113 Å². The summed E-state index contributed by atoms with van der Waals surface area (Å²) in [6.45, 7) is 0. The normalized spacial score (nSPS) is 8.36. The summed E-state index contributed by atoms with van der Waals surface area (Å²) < 4.78 is 62.3. The van der Waals surface area contributed by atoms with Crippen molar-refractivity contribution in [2.75, 3.05) is 0 Å². The van der Waals surface area contributed by atoms with Crippen molar-refractivity contribution < 1.29 is 80.8 Å². The molecule has 9 nitrogen and oxygen atoms in total. The molecule has 0 aromatic heterocycles. The van der Waals surface area contributed by atoms with Crippen LogP contribution in [0.1, 0.15) is 0 Å². The molecular weight excluding hydrogens is 506 g/mol. The van der Waals surface area contributed by atoms with E-state index in [1.165, 1.54) is 0 Å².